The van der Waals surface area contributed by atoms with Crippen molar-refractivity contribution in [2.45, 2.75) is 31.9 Å². The van der Waals surface area contributed by atoms with Gasteiger partial charge in [-0.2, -0.15) is 13.2 Å². The minimum absolute atomic E-state index is 0. The highest BCUT2D eigenvalue weighted by Crippen LogP contribution is 2.28. The zero-order valence-electron chi connectivity index (χ0n) is 14.5. The number of aliphatic imine (C=N–C) groups is 1. The number of methoxy groups -OCH3 is 1. The lowest BCUT2D eigenvalue weighted by atomic mass is 9.98. The highest BCUT2D eigenvalue weighted by atomic mass is 127. The zero-order valence-corrected chi connectivity index (χ0v) is 16.8. The van der Waals surface area contributed by atoms with E-state index < -0.39 is 12.6 Å². The summed E-state index contributed by atoms with van der Waals surface area (Å²) in [5.74, 6) is 1.73. The monoisotopic (exact) mass is 471 g/mol. The predicted molar refractivity (Wildman–Crippen MR) is 104 cm³/mol. The fourth-order valence-corrected chi connectivity index (χ4v) is 2.82. The Hall–Kier alpha value is -1.19. The molecule has 1 aromatic carbocycles. The molecule has 0 saturated carbocycles. The summed E-state index contributed by atoms with van der Waals surface area (Å²) in [7, 11) is 1.63. The maximum absolute atomic E-state index is 12.3. The molecule has 1 heterocycles. The van der Waals surface area contributed by atoms with Crippen LogP contribution in [0.3, 0.4) is 0 Å². The Morgan fingerprint density at radius 3 is 2.56 bits per heavy atom. The molecule has 0 amide bonds. The lowest BCUT2D eigenvalue weighted by Crippen LogP contribution is -2.40. The summed E-state index contributed by atoms with van der Waals surface area (Å²) in [5.41, 5.74) is 1.21. The summed E-state index contributed by atoms with van der Waals surface area (Å²) in [6.45, 7) is 3.85. The molecule has 1 fully saturated rings. The number of guanidine groups is 1. The highest BCUT2D eigenvalue weighted by Gasteiger charge is 2.28. The van der Waals surface area contributed by atoms with Gasteiger partial charge in [0.1, 0.15) is 5.75 Å². The predicted octanol–water partition coefficient (Wildman–Crippen LogP) is 4.02. The molecule has 0 aromatic heterocycles. The topological polar surface area (TPSA) is 36.9 Å². The number of nitrogens with one attached hydrogen (secondary N) is 1. The van der Waals surface area contributed by atoms with Gasteiger partial charge in [0.25, 0.3) is 0 Å². The van der Waals surface area contributed by atoms with Crippen LogP contribution < -0.4 is 10.1 Å². The van der Waals surface area contributed by atoms with Crippen LogP contribution in [-0.2, 0) is 0 Å². The van der Waals surface area contributed by atoms with Gasteiger partial charge >= 0.3 is 6.18 Å². The van der Waals surface area contributed by atoms with Gasteiger partial charge in [-0.1, -0.05) is 12.1 Å². The first-order chi connectivity index (χ1) is 11.4. The number of nitrogens with zero attached hydrogens (tertiary/aromatic N) is 2. The number of alkyl halides is 3. The molecule has 0 spiro atoms. The highest BCUT2D eigenvalue weighted by molar-refractivity contribution is 14.0. The number of likely N-dealkylation sites (tertiary alicyclic amines) is 1. The Balaban J connectivity index is 0.00000312. The normalized spacial score (nSPS) is 18.0. The van der Waals surface area contributed by atoms with Crippen molar-refractivity contribution in [1.29, 1.82) is 0 Å². The van der Waals surface area contributed by atoms with Crippen molar-refractivity contribution in [1.82, 2.24) is 10.2 Å². The summed E-state index contributed by atoms with van der Waals surface area (Å²) < 4.78 is 42.1. The fraction of sp³-hybridized carbons (Fsp3) is 0.588. The van der Waals surface area contributed by atoms with Crippen molar-refractivity contribution in [3.05, 3.63) is 29.8 Å². The standard InChI is InChI=1S/C17H24F3N3O.HI/c1-3-21-16(22-10-9-17(18,19)20)23-11-8-14(12-23)13-4-6-15(24-2)7-5-13;/h4-7,14H,3,8-12H2,1-2H3,(H,21,22);1H. The third-order valence-electron chi connectivity index (χ3n) is 4.07. The number of ether oxygens (including phenoxy) is 1. The third kappa shape index (κ3) is 6.91. The van der Waals surface area contributed by atoms with E-state index in [4.69, 9.17) is 4.74 Å². The number of rotatable bonds is 5. The van der Waals surface area contributed by atoms with Crippen LogP contribution >= 0.6 is 24.0 Å². The molecule has 8 heteroatoms. The Morgan fingerprint density at radius 2 is 2.00 bits per heavy atom. The molecule has 0 radical (unpaired) electrons. The van der Waals surface area contributed by atoms with Gasteiger partial charge in [0.2, 0.25) is 0 Å². The summed E-state index contributed by atoms with van der Waals surface area (Å²) in [6, 6.07) is 7.95. The molecular formula is C17H25F3IN3O. The summed E-state index contributed by atoms with van der Waals surface area (Å²) in [5, 5.41) is 3.09. The van der Waals surface area contributed by atoms with Crippen LogP contribution in [0.25, 0.3) is 0 Å². The molecule has 0 bridgehead atoms. The number of halogens is 4. The molecule has 1 aromatic rings. The minimum atomic E-state index is -4.17. The van der Waals surface area contributed by atoms with Gasteiger partial charge in [-0.25, -0.2) is 0 Å². The maximum atomic E-state index is 12.3. The van der Waals surface area contributed by atoms with Crippen molar-refractivity contribution in [3.63, 3.8) is 0 Å². The zero-order chi connectivity index (χ0) is 17.6. The van der Waals surface area contributed by atoms with Crippen molar-refractivity contribution in [2.24, 2.45) is 4.99 Å². The third-order valence-corrected chi connectivity index (χ3v) is 4.07. The summed E-state index contributed by atoms with van der Waals surface area (Å²) in [6.07, 6.45) is -4.11. The second-order valence-electron chi connectivity index (χ2n) is 5.81. The van der Waals surface area contributed by atoms with Crippen LogP contribution in [-0.4, -0.2) is 50.3 Å². The molecular weight excluding hydrogens is 446 g/mol. The minimum Gasteiger partial charge on any atom is -0.497 e. The first kappa shape index (κ1) is 21.9. The lowest BCUT2D eigenvalue weighted by molar-refractivity contribution is -0.132. The van der Waals surface area contributed by atoms with Crippen molar-refractivity contribution in [3.8, 4) is 5.75 Å². The SMILES string of the molecule is CCNC(=NCCC(F)(F)F)N1CCC(c2ccc(OC)cc2)C1.I. The van der Waals surface area contributed by atoms with Gasteiger partial charge in [0.05, 0.1) is 20.1 Å². The number of hydrogen-bond acceptors (Lipinski definition) is 2. The van der Waals surface area contributed by atoms with E-state index >= 15 is 0 Å². The van der Waals surface area contributed by atoms with Gasteiger partial charge in [0, 0.05) is 25.6 Å². The van der Waals surface area contributed by atoms with E-state index in [0.717, 1.165) is 25.3 Å². The summed E-state index contributed by atoms with van der Waals surface area (Å²) in [4.78, 5) is 6.16. The quantitative estimate of drug-likeness (QED) is 0.401. The van der Waals surface area contributed by atoms with Crippen LogP contribution in [0.5, 0.6) is 5.75 Å². The van der Waals surface area contributed by atoms with Crippen LogP contribution in [0.15, 0.2) is 29.3 Å². The molecule has 1 N–H and O–H groups in total. The first-order valence-corrected chi connectivity index (χ1v) is 8.17. The average Bonchev–Trinajstić information content (AvgIpc) is 3.03. The molecule has 1 aliphatic rings. The molecule has 1 aliphatic heterocycles. The van der Waals surface area contributed by atoms with E-state index in [1.54, 1.807) is 7.11 Å². The van der Waals surface area contributed by atoms with E-state index in [1.165, 1.54) is 5.56 Å². The second kappa shape index (κ2) is 10.1. The van der Waals surface area contributed by atoms with Crippen LogP contribution in [0.4, 0.5) is 13.2 Å². The van der Waals surface area contributed by atoms with Gasteiger partial charge < -0.3 is 15.0 Å². The molecule has 142 valence electrons. The molecule has 25 heavy (non-hydrogen) atoms. The molecule has 1 unspecified atom stereocenters. The van der Waals surface area contributed by atoms with Crippen molar-refractivity contribution < 1.29 is 17.9 Å². The Labute approximate surface area is 163 Å². The molecule has 1 saturated heterocycles. The summed E-state index contributed by atoms with van der Waals surface area (Å²) >= 11 is 0. The molecule has 0 aliphatic carbocycles. The van der Waals surface area contributed by atoms with E-state index in [9.17, 15) is 13.2 Å². The second-order valence-corrected chi connectivity index (χ2v) is 5.81. The van der Waals surface area contributed by atoms with Gasteiger partial charge in [0.15, 0.2) is 5.96 Å². The fourth-order valence-electron chi connectivity index (χ4n) is 2.82. The Bertz CT molecular complexity index is 549. The molecule has 2 rings (SSSR count). The maximum Gasteiger partial charge on any atom is 0.390 e. The largest absolute Gasteiger partial charge is 0.497 e. The van der Waals surface area contributed by atoms with E-state index in [-0.39, 0.29) is 30.5 Å². The van der Waals surface area contributed by atoms with Crippen LogP contribution in [0.1, 0.15) is 31.2 Å². The molecule has 4 nitrogen and oxygen atoms in total. The number of benzene rings is 1. The van der Waals surface area contributed by atoms with Gasteiger partial charge in [-0.15, -0.1) is 24.0 Å². The lowest BCUT2D eigenvalue weighted by Gasteiger charge is -2.22. The smallest absolute Gasteiger partial charge is 0.390 e. The van der Waals surface area contributed by atoms with E-state index in [1.807, 2.05) is 36.1 Å². The van der Waals surface area contributed by atoms with Crippen molar-refractivity contribution in [2.75, 3.05) is 33.3 Å². The van der Waals surface area contributed by atoms with E-state index in [0.29, 0.717) is 18.4 Å². The van der Waals surface area contributed by atoms with Crippen molar-refractivity contribution >= 4 is 29.9 Å². The Morgan fingerprint density at radius 1 is 1.32 bits per heavy atom. The first-order valence-electron chi connectivity index (χ1n) is 8.17. The van der Waals surface area contributed by atoms with Crippen LogP contribution in [0.2, 0.25) is 0 Å². The Kier molecular flexibility index (Phi) is 8.81. The van der Waals surface area contributed by atoms with Crippen LogP contribution in [0, 0.1) is 0 Å². The average molecular weight is 471 g/mol. The van der Waals surface area contributed by atoms with E-state index in [2.05, 4.69) is 10.3 Å². The molecule has 1 atom stereocenters. The number of hydrogen-bond donors (Lipinski definition) is 1. The van der Waals surface area contributed by atoms with Gasteiger partial charge in [-0.05, 0) is 31.0 Å². The van der Waals surface area contributed by atoms with Gasteiger partial charge in [-0.3, -0.25) is 4.99 Å².